The van der Waals surface area contributed by atoms with Gasteiger partial charge < -0.3 is 4.42 Å². The minimum Gasteiger partial charge on any atom is -0.438 e. The van der Waals surface area contributed by atoms with E-state index in [0.717, 1.165) is 30.4 Å². The number of azide groups is 1. The van der Waals surface area contributed by atoms with Crippen molar-refractivity contribution in [2.45, 2.75) is 48.2 Å². The Kier molecular flexibility index (Phi) is 9.22. The summed E-state index contributed by atoms with van der Waals surface area (Å²) < 4.78 is 33.7. The molecule has 1 unspecified atom stereocenters. The second-order valence-corrected chi connectivity index (χ2v) is 11.5. The largest absolute Gasteiger partial charge is 0.438 e. The molecule has 4 rings (SSSR count). The predicted octanol–water partition coefficient (Wildman–Crippen LogP) is 7.96. The Morgan fingerprint density at radius 3 is 2.08 bits per heavy atom. The highest BCUT2D eigenvalue weighted by atomic mass is 32.2. The summed E-state index contributed by atoms with van der Waals surface area (Å²) in [5, 5.41) is 3.58. The molecule has 8 heteroatoms. The van der Waals surface area contributed by atoms with Crippen LogP contribution >= 0.6 is 0 Å². The van der Waals surface area contributed by atoms with Crippen LogP contribution in [-0.4, -0.2) is 19.9 Å². The second kappa shape index (κ2) is 13.0. The van der Waals surface area contributed by atoms with Crippen molar-refractivity contribution < 1.29 is 12.8 Å². The summed E-state index contributed by atoms with van der Waals surface area (Å²) in [5.41, 5.74) is 10.7. The van der Waals surface area contributed by atoms with Gasteiger partial charge in [-0.1, -0.05) is 103 Å². The number of benzene rings is 3. The quantitative estimate of drug-likeness (QED) is 0.0565. The molecule has 0 aliphatic carbocycles. The minimum absolute atomic E-state index is 0.0913. The molecule has 3 aromatic carbocycles. The lowest BCUT2D eigenvalue weighted by Crippen LogP contribution is -2.36. The van der Waals surface area contributed by atoms with E-state index in [-0.39, 0.29) is 23.6 Å². The maximum absolute atomic E-state index is 14.4. The van der Waals surface area contributed by atoms with E-state index in [2.05, 4.69) is 15.9 Å². The van der Waals surface area contributed by atoms with E-state index in [1.807, 2.05) is 60.7 Å². The molecule has 0 saturated heterocycles. The molecular formula is C31H30N4O3S. The first-order valence-corrected chi connectivity index (χ1v) is 14.4. The molecule has 0 N–H and O–H groups in total. The van der Waals surface area contributed by atoms with Gasteiger partial charge in [-0.15, -0.1) is 12.3 Å². The Hall–Kier alpha value is -4.31. The van der Waals surface area contributed by atoms with Crippen molar-refractivity contribution in [2.75, 3.05) is 6.54 Å². The van der Waals surface area contributed by atoms with Crippen molar-refractivity contribution in [1.29, 1.82) is 0 Å². The first-order valence-electron chi connectivity index (χ1n) is 12.9. The van der Waals surface area contributed by atoms with E-state index in [4.69, 9.17) is 21.4 Å². The zero-order chi connectivity index (χ0) is 27.6. The highest BCUT2D eigenvalue weighted by molar-refractivity contribution is 7.92. The van der Waals surface area contributed by atoms with Gasteiger partial charge >= 0.3 is 0 Å². The summed E-state index contributed by atoms with van der Waals surface area (Å²) in [7, 11) is -4.01. The van der Waals surface area contributed by atoms with Crippen LogP contribution in [0, 0.1) is 12.3 Å². The Balaban J connectivity index is 1.86. The zero-order valence-corrected chi connectivity index (χ0v) is 22.4. The maximum atomic E-state index is 14.4. The molecular weight excluding hydrogens is 508 g/mol. The molecule has 0 radical (unpaired) electrons. The molecule has 0 saturated carbocycles. The molecule has 0 spiro atoms. The van der Waals surface area contributed by atoms with Crippen LogP contribution in [0.5, 0.6) is 0 Å². The summed E-state index contributed by atoms with van der Waals surface area (Å²) in [4.78, 5) is 7.84. The van der Waals surface area contributed by atoms with Crippen LogP contribution < -0.4 is 0 Å². The number of terminal acetylenes is 1. The average Bonchev–Trinajstić information content (AvgIpc) is 3.43. The fourth-order valence-electron chi connectivity index (χ4n) is 4.69. The fraction of sp³-hybridized carbons (Fsp3) is 0.258. The van der Waals surface area contributed by atoms with E-state index in [9.17, 15) is 8.42 Å². The van der Waals surface area contributed by atoms with Gasteiger partial charge in [0.25, 0.3) is 0 Å². The molecule has 0 bridgehead atoms. The molecule has 1 heterocycles. The normalized spacial score (nSPS) is 12.7. The third kappa shape index (κ3) is 6.06. The summed E-state index contributed by atoms with van der Waals surface area (Å²) in [6.45, 7) is 0.412. The van der Waals surface area contributed by atoms with Crippen molar-refractivity contribution in [1.82, 2.24) is 4.98 Å². The van der Waals surface area contributed by atoms with Gasteiger partial charge in [0.15, 0.2) is 20.3 Å². The SMILES string of the molecule is C#CCC(CCCCCCN=[N+]=[N-])(c1nc(-c2ccccc2)c(-c2ccccc2)o1)S(=O)(=O)c1ccccc1. The summed E-state index contributed by atoms with van der Waals surface area (Å²) in [6.07, 6.45) is 8.84. The number of unbranched alkanes of at least 4 members (excludes halogenated alkanes) is 3. The zero-order valence-electron chi connectivity index (χ0n) is 21.6. The molecule has 1 aromatic heterocycles. The van der Waals surface area contributed by atoms with Gasteiger partial charge in [-0.25, -0.2) is 13.4 Å². The van der Waals surface area contributed by atoms with Crippen LogP contribution in [0.15, 0.2) is 105 Å². The summed E-state index contributed by atoms with van der Waals surface area (Å²) >= 11 is 0. The molecule has 0 fully saturated rings. The third-order valence-electron chi connectivity index (χ3n) is 6.71. The average molecular weight is 539 g/mol. The maximum Gasteiger partial charge on any atom is 0.218 e. The van der Waals surface area contributed by atoms with E-state index < -0.39 is 14.6 Å². The standard InChI is InChI=1S/C31H30N4O3S/c1-2-22-31(23-14-3-4-15-24-33-35-32,39(36,37)27-20-12-7-13-21-27)30-34-28(25-16-8-5-9-17-25)29(38-30)26-18-10-6-11-19-26/h1,5-13,16-21H,3-4,14-15,22-24H2. The first kappa shape index (κ1) is 27.7. The van der Waals surface area contributed by atoms with Crippen LogP contribution in [0.4, 0.5) is 0 Å². The molecule has 7 nitrogen and oxygen atoms in total. The molecule has 4 aromatic rings. The fourth-order valence-corrected chi connectivity index (χ4v) is 6.66. The number of hydrogen-bond donors (Lipinski definition) is 0. The molecule has 39 heavy (non-hydrogen) atoms. The van der Waals surface area contributed by atoms with Crippen LogP contribution in [-0.2, 0) is 14.6 Å². The van der Waals surface area contributed by atoms with Crippen molar-refractivity contribution in [3.63, 3.8) is 0 Å². The highest BCUT2D eigenvalue weighted by Crippen LogP contribution is 2.45. The lowest BCUT2D eigenvalue weighted by Gasteiger charge is -2.29. The molecule has 0 amide bonds. The second-order valence-electron chi connectivity index (χ2n) is 9.24. The van der Waals surface area contributed by atoms with E-state index in [1.165, 1.54) is 0 Å². The van der Waals surface area contributed by atoms with Gasteiger partial charge in [0.05, 0.1) is 4.90 Å². The van der Waals surface area contributed by atoms with E-state index in [1.54, 1.807) is 30.3 Å². The van der Waals surface area contributed by atoms with Crippen LogP contribution in [0.25, 0.3) is 33.0 Å². The van der Waals surface area contributed by atoms with Gasteiger partial charge in [0.1, 0.15) is 5.69 Å². The Morgan fingerprint density at radius 1 is 0.872 bits per heavy atom. The van der Waals surface area contributed by atoms with Gasteiger partial charge in [0.2, 0.25) is 5.89 Å². The van der Waals surface area contributed by atoms with Crippen molar-refractivity contribution in [2.24, 2.45) is 5.11 Å². The molecule has 1 atom stereocenters. The Bertz CT molecular complexity index is 1500. The number of nitrogens with zero attached hydrogens (tertiary/aromatic N) is 4. The van der Waals surface area contributed by atoms with Gasteiger partial charge in [0, 0.05) is 29.0 Å². The van der Waals surface area contributed by atoms with Gasteiger partial charge in [-0.2, -0.15) is 0 Å². The summed E-state index contributed by atoms with van der Waals surface area (Å²) in [6, 6.07) is 27.4. The Morgan fingerprint density at radius 2 is 1.46 bits per heavy atom. The first-order chi connectivity index (χ1) is 19.0. The predicted molar refractivity (Wildman–Crippen MR) is 153 cm³/mol. The van der Waals surface area contributed by atoms with Crippen LogP contribution in [0.2, 0.25) is 0 Å². The van der Waals surface area contributed by atoms with Crippen molar-refractivity contribution >= 4 is 9.84 Å². The topological polar surface area (TPSA) is 109 Å². The number of sulfone groups is 1. The van der Waals surface area contributed by atoms with Crippen LogP contribution in [0.1, 0.15) is 44.4 Å². The number of rotatable bonds is 13. The Labute approximate surface area is 229 Å². The number of oxazole rings is 1. The third-order valence-corrected chi connectivity index (χ3v) is 9.15. The summed E-state index contributed by atoms with van der Waals surface area (Å²) in [5.74, 6) is 3.22. The highest BCUT2D eigenvalue weighted by Gasteiger charge is 2.50. The van der Waals surface area contributed by atoms with Crippen molar-refractivity contribution in [3.8, 4) is 34.9 Å². The molecule has 0 aliphatic rings. The van der Waals surface area contributed by atoms with E-state index in [0.29, 0.717) is 24.4 Å². The number of hydrogen-bond acceptors (Lipinski definition) is 5. The van der Waals surface area contributed by atoms with Crippen molar-refractivity contribution in [3.05, 3.63) is 107 Å². The van der Waals surface area contributed by atoms with Crippen LogP contribution in [0.3, 0.4) is 0 Å². The molecule has 198 valence electrons. The minimum atomic E-state index is -4.01. The number of aromatic nitrogens is 1. The molecule has 0 aliphatic heterocycles. The van der Waals surface area contributed by atoms with Gasteiger partial charge in [-0.3, -0.25) is 0 Å². The van der Waals surface area contributed by atoms with E-state index >= 15 is 0 Å². The monoisotopic (exact) mass is 538 g/mol. The lowest BCUT2D eigenvalue weighted by molar-refractivity contribution is 0.377. The van der Waals surface area contributed by atoms with Gasteiger partial charge in [-0.05, 0) is 30.5 Å². The smallest absolute Gasteiger partial charge is 0.218 e. The lowest BCUT2D eigenvalue weighted by atomic mass is 9.96.